The lowest BCUT2D eigenvalue weighted by Crippen LogP contribution is -2.25. The summed E-state index contributed by atoms with van der Waals surface area (Å²) in [5.41, 5.74) is -1.39. The van der Waals surface area contributed by atoms with E-state index in [1.165, 1.54) is 32.2 Å². The SMILES string of the molecule is COc1c(Cl)ccc(Cl)c1C(=O)O.Cc1nn(-c2cc(NS(C)(=O)=O)c(Cl)cc2Cl)c(=O)n1C(F)F.O=C(O)CNCP(=O)(O)O. The van der Waals surface area contributed by atoms with E-state index in [2.05, 4.69) is 15.1 Å². The summed E-state index contributed by atoms with van der Waals surface area (Å²) >= 11 is 23.2. The number of carboxylic acid groups (broad SMARTS) is 2. The molecule has 0 bridgehead atoms. The lowest BCUT2D eigenvalue weighted by molar-refractivity contribution is -0.135. The number of nitrogens with one attached hydrogen (secondary N) is 2. The van der Waals surface area contributed by atoms with Crippen LogP contribution in [0, 0.1) is 6.92 Å². The van der Waals surface area contributed by atoms with Crippen molar-refractivity contribution >= 4 is 81.6 Å². The minimum atomic E-state index is -4.10. The van der Waals surface area contributed by atoms with Gasteiger partial charge in [0.15, 0.2) is 5.75 Å². The summed E-state index contributed by atoms with van der Waals surface area (Å²) in [7, 11) is -6.41. The molecule has 1 heterocycles. The number of sulfonamides is 1. The van der Waals surface area contributed by atoms with Crippen molar-refractivity contribution in [2.75, 3.05) is 30.9 Å². The quantitative estimate of drug-likeness (QED) is 0.160. The third-order valence-electron chi connectivity index (χ3n) is 4.81. The fourth-order valence-electron chi connectivity index (χ4n) is 3.08. The zero-order chi connectivity index (χ0) is 35.7. The van der Waals surface area contributed by atoms with Gasteiger partial charge < -0.3 is 24.7 Å². The van der Waals surface area contributed by atoms with Crippen LogP contribution in [0.15, 0.2) is 29.1 Å². The monoisotopic (exact) mass is 775 g/mol. The minimum absolute atomic E-state index is 0.0257. The number of alkyl halides is 2. The smallest absolute Gasteiger partial charge is 0.355 e. The van der Waals surface area contributed by atoms with Gasteiger partial charge in [-0.05, 0) is 31.2 Å². The van der Waals surface area contributed by atoms with Gasteiger partial charge in [-0.3, -0.25) is 19.4 Å². The Morgan fingerprint density at radius 2 is 1.63 bits per heavy atom. The highest BCUT2D eigenvalue weighted by atomic mass is 35.5. The first-order chi connectivity index (χ1) is 21.0. The van der Waals surface area contributed by atoms with Gasteiger partial charge in [0.25, 0.3) is 0 Å². The first kappa shape index (κ1) is 41.0. The molecule has 3 aromatic rings. The van der Waals surface area contributed by atoms with E-state index in [4.69, 9.17) is 71.1 Å². The van der Waals surface area contributed by atoms with E-state index < -0.39 is 54.6 Å². The largest absolute Gasteiger partial charge is 0.494 e. The van der Waals surface area contributed by atoms with E-state index >= 15 is 0 Å². The topological polar surface area (TPSA) is 239 Å². The molecule has 0 saturated heterocycles. The molecular weight excluding hydrogens is 753 g/mol. The van der Waals surface area contributed by atoms with Crippen molar-refractivity contribution in [3.63, 3.8) is 0 Å². The van der Waals surface area contributed by atoms with Gasteiger partial charge in [0.05, 0.1) is 57.7 Å². The number of methoxy groups -OCH3 is 1. The average molecular weight is 777 g/mol. The van der Waals surface area contributed by atoms with Gasteiger partial charge in [-0.1, -0.05) is 46.4 Å². The molecule has 0 aliphatic carbocycles. The third kappa shape index (κ3) is 12.7. The van der Waals surface area contributed by atoms with Crippen LogP contribution in [-0.2, 0) is 19.4 Å². The maximum absolute atomic E-state index is 12.8. The lowest BCUT2D eigenvalue weighted by Gasteiger charge is -2.10. The minimum Gasteiger partial charge on any atom is -0.494 e. The number of rotatable bonds is 10. The van der Waals surface area contributed by atoms with Gasteiger partial charge in [0, 0.05) is 0 Å². The van der Waals surface area contributed by atoms with E-state index in [0.29, 0.717) is 4.68 Å². The Morgan fingerprint density at radius 3 is 2.04 bits per heavy atom. The number of ether oxygens (including phenoxy) is 1. The highest BCUT2D eigenvalue weighted by Crippen LogP contribution is 2.34. The fraction of sp³-hybridized carbons (Fsp3) is 0.273. The number of aliphatic carboxylic acids is 1. The highest BCUT2D eigenvalue weighted by Gasteiger charge is 2.21. The highest BCUT2D eigenvalue weighted by molar-refractivity contribution is 7.92. The number of hydrogen-bond acceptors (Lipinski definition) is 9. The second-order valence-corrected chi connectivity index (χ2v) is 13.5. The van der Waals surface area contributed by atoms with Crippen LogP contribution in [0.2, 0.25) is 20.1 Å². The van der Waals surface area contributed by atoms with Crippen molar-refractivity contribution in [2.24, 2.45) is 0 Å². The molecule has 0 amide bonds. The maximum Gasteiger partial charge on any atom is 0.355 e. The maximum atomic E-state index is 12.8. The summed E-state index contributed by atoms with van der Waals surface area (Å²) in [4.78, 5) is 48.9. The van der Waals surface area contributed by atoms with E-state index in [1.54, 1.807) is 0 Å². The van der Waals surface area contributed by atoms with Gasteiger partial charge in [-0.25, -0.2) is 22.6 Å². The molecule has 0 fully saturated rings. The molecule has 0 aliphatic heterocycles. The normalized spacial score (nSPS) is 11.2. The standard InChI is InChI=1S/C11H10Cl2F2N4O3S.C8H6Cl2O3.C3H8NO5P/c1-5-16-19(11(20)18(5)10(14)15)9-4-8(17-23(2,21)22)6(12)3-7(9)13;1-13-7-5(10)3-2-4(9)6(7)8(11)12;5-3(6)1-4-2-10(7,8)9/h3-4,10,17H,1-2H3;2-3H,1H3,(H,11,12);4H,1-2H2,(H,5,6)(H2,7,8,9). The fourth-order valence-corrected chi connectivity index (χ4v) is 5.08. The van der Waals surface area contributed by atoms with E-state index in [0.717, 1.165) is 12.3 Å². The predicted octanol–water partition coefficient (Wildman–Crippen LogP) is 3.91. The first-order valence-electron chi connectivity index (χ1n) is 11.7. The second-order valence-electron chi connectivity index (χ2n) is 8.43. The summed E-state index contributed by atoms with van der Waals surface area (Å²) in [6.45, 7) is -2.29. The molecule has 0 saturated carbocycles. The lowest BCUT2D eigenvalue weighted by atomic mass is 10.2. The van der Waals surface area contributed by atoms with E-state index in [9.17, 15) is 36.1 Å². The van der Waals surface area contributed by atoms with Crippen LogP contribution < -0.4 is 20.5 Å². The number of aryl methyl sites for hydroxylation is 1. The molecule has 0 spiro atoms. The van der Waals surface area contributed by atoms with Gasteiger partial charge in [-0.15, -0.1) is 5.10 Å². The Labute approximate surface area is 278 Å². The van der Waals surface area contributed by atoms with Crippen LogP contribution in [-0.4, -0.2) is 80.9 Å². The molecule has 1 aromatic heterocycles. The van der Waals surface area contributed by atoms with Crippen molar-refractivity contribution < 1.29 is 56.1 Å². The van der Waals surface area contributed by atoms with Crippen molar-refractivity contribution in [2.45, 2.75) is 13.5 Å². The Balaban J connectivity index is 0.000000388. The molecule has 0 aliphatic rings. The number of nitrogens with zero attached hydrogens (tertiary/aromatic N) is 3. The second kappa shape index (κ2) is 17.2. The first-order valence-corrected chi connectivity index (χ1v) is 16.9. The van der Waals surface area contributed by atoms with Crippen LogP contribution in [0.4, 0.5) is 14.5 Å². The van der Waals surface area contributed by atoms with Gasteiger partial charge in [0.2, 0.25) is 10.0 Å². The zero-order valence-corrected chi connectivity index (χ0v) is 28.1. The van der Waals surface area contributed by atoms with Crippen LogP contribution in [0.25, 0.3) is 5.69 Å². The summed E-state index contributed by atoms with van der Waals surface area (Å²) < 4.78 is 66.1. The molecule has 24 heteroatoms. The number of anilines is 1. The Hall–Kier alpha value is -3.00. The molecule has 0 atom stereocenters. The number of benzene rings is 2. The number of aromatic carboxylic acids is 1. The van der Waals surface area contributed by atoms with Gasteiger partial charge in [-0.2, -0.15) is 13.5 Å². The summed E-state index contributed by atoms with van der Waals surface area (Å²) in [5, 5.41) is 22.8. The molecule has 2 aromatic carbocycles. The number of aromatic nitrogens is 3. The van der Waals surface area contributed by atoms with E-state index in [-0.39, 0.29) is 53.2 Å². The van der Waals surface area contributed by atoms with Crippen molar-refractivity contribution in [1.29, 1.82) is 0 Å². The molecular formula is C22H24Cl4F2N5O11PS. The molecule has 16 nitrogen and oxygen atoms in total. The molecule has 256 valence electrons. The van der Waals surface area contributed by atoms with Crippen molar-refractivity contribution in [1.82, 2.24) is 19.7 Å². The Kier molecular flexibility index (Phi) is 15.4. The molecule has 3 rings (SSSR count). The number of carbonyl (C=O) groups is 2. The van der Waals surface area contributed by atoms with Crippen LogP contribution in [0.3, 0.4) is 0 Å². The Bertz CT molecular complexity index is 1800. The number of hydrogen-bond donors (Lipinski definition) is 6. The summed E-state index contributed by atoms with van der Waals surface area (Å²) in [6.07, 6.45) is 0.304. The Morgan fingerprint density at radius 1 is 1.07 bits per heavy atom. The molecule has 0 radical (unpaired) electrons. The van der Waals surface area contributed by atoms with E-state index in [1.807, 2.05) is 0 Å². The van der Waals surface area contributed by atoms with Crippen LogP contribution in [0.5, 0.6) is 5.75 Å². The summed E-state index contributed by atoms with van der Waals surface area (Å²) in [6, 6.07) is 5.20. The van der Waals surface area contributed by atoms with Crippen molar-refractivity contribution in [3.8, 4) is 11.4 Å². The molecule has 0 unspecified atom stereocenters. The van der Waals surface area contributed by atoms with Crippen molar-refractivity contribution in [3.05, 3.63) is 66.2 Å². The summed E-state index contributed by atoms with van der Waals surface area (Å²) in [5.74, 6) is -2.45. The molecule has 6 N–H and O–H groups in total. The average Bonchev–Trinajstić information content (AvgIpc) is 3.19. The third-order valence-corrected chi connectivity index (χ3v) is 7.26. The predicted molar refractivity (Wildman–Crippen MR) is 165 cm³/mol. The van der Waals surface area contributed by atoms with Gasteiger partial charge in [0.1, 0.15) is 11.4 Å². The van der Waals surface area contributed by atoms with Crippen LogP contribution >= 0.6 is 54.0 Å². The number of halogens is 6. The zero-order valence-electron chi connectivity index (χ0n) is 23.4. The molecule has 46 heavy (non-hydrogen) atoms. The van der Waals surface area contributed by atoms with Gasteiger partial charge >= 0.3 is 31.8 Å². The number of carboxylic acids is 2. The van der Waals surface area contributed by atoms with Crippen LogP contribution in [0.1, 0.15) is 22.7 Å².